The average molecular weight is 409 g/mol. The Labute approximate surface area is 172 Å². The Hall–Kier alpha value is -4.01. The standard InChI is InChI=1S/C21H19N3O6/c1-13(19(27)22-23-20(28)14-7-3-2-4-8-14)30-18(26)12-24-17(25)11-15-9-5-6-10-16(15)21(24)29/h2-10,13H,11-12H2,1H3,(H,22,27)(H,23,28)/t13-/m0/s1. The molecule has 30 heavy (non-hydrogen) atoms. The number of hydrogen-bond donors (Lipinski definition) is 2. The molecule has 0 radical (unpaired) electrons. The van der Waals surface area contributed by atoms with Gasteiger partial charge in [0.15, 0.2) is 6.10 Å². The van der Waals surface area contributed by atoms with E-state index in [-0.39, 0.29) is 6.42 Å². The zero-order valence-corrected chi connectivity index (χ0v) is 16.1. The van der Waals surface area contributed by atoms with Crippen LogP contribution in [-0.2, 0) is 25.5 Å². The van der Waals surface area contributed by atoms with Gasteiger partial charge in [0.05, 0.1) is 6.42 Å². The number of carbonyl (C=O) groups is 5. The fourth-order valence-corrected chi connectivity index (χ4v) is 2.86. The first-order valence-electron chi connectivity index (χ1n) is 9.14. The third-order valence-corrected chi connectivity index (χ3v) is 4.44. The number of amides is 4. The summed E-state index contributed by atoms with van der Waals surface area (Å²) in [7, 11) is 0. The van der Waals surface area contributed by atoms with E-state index in [1.54, 1.807) is 54.6 Å². The molecule has 0 saturated carbocycles. The van der Waals surface area contributed by atoms with Crippen molar-refractivity contribution in [2.75, 3.05) is 6.54 Å². The van der Waals surface area contributed by atoms with E-state index in [4.69, 9.17) is 4.74 Å². The van der Waals surface area contributed by atoms with Crippen LogP contribution in [0.5, 0.6) is 0 Å². The van der Waals surface area contributed by atoms with Crippen LogP contribution in [0.4, 0.5) is 0 Å². The number of carbonyl (C=O) groups excluding carboxylic acids is 5. The van der Waals surface area contributed by atoms with E-state index in [0.29, 0.717) is 16.7 Å². The molecule has 2 N–H and O–H groups in total. The minimum absolute atomic E-state index is 0.00322. The van der Waals surface area contributed by atoms with Crippen molar-refractivity contribution in [3.63, 3.8) is 0 Å². The topological polar surface area (TPSA) is 122 Å². The van der Waals surface area contributed by atoms with Gasteiger partial charge < -0.3 is 4.74 Å². The van der Waals surface area contributed by atoms with Crippen LogP contribution in [0.15, 0.2) is 54.6 Å². The van der Waals surface area contributed by atoms with E-state index in [1.807, 2.05) is 0 Å². The lowest BCUT2D eigenvalue weighted by Crippen LogP contribution is -2.48. The highest BCUT2D eigenvalue weighted by atomic mass is 16.5. The first-order valence-corrected chi connectivity index (χ1v) is 9.14. The normalized spacial score (nSPS) is 13.8. The molecule has 154 valence electrons. The summed E-state index contributed by atoms with van der Waals surface area (Å²) >= 11 is 0. The molecular formula is C21H19N3O6. The zero-order chi connectivity index (χ0) is 21.7. The molecule has 0 aliphatic carbocycles. The fraction of sp³-hybridized carbons (Fsp3) is 0.190. The molecule has 0 bridgehead atoms. The van der Waals surface area contributed by atoms with Gasteiger partial charge in [-0.15, -0.1) is 0 Å². The fourth-order valence-electron chi connectivity index (χ4n) is 2.86. The highest BCUT2D eigenvalue weighted by Crippen LogP contribution is 2.19. The van der Waals surface area contributed by atoms with Crippen molar-refractivity contribution >= 4 is 29.6 Å². The predicted octanol–water partition coefficient (Wildman–Crippen LogP) is 0.604. The van der Waals surface area contributed by atoms with Gasteiger partial charge in [0.2, 0.25) is 5.91 Å². The van der Waals surface area contributed by atoms with Crippen molar-refractivity contribution in [2.45, 2.75) is 19.4 Å². The molecule has 3 rings (SSSR count). The Bertz CT molecular complexity index is 1000. The third-order valence-electron chi connectivity index (χ3n) is 4.44. The second-order valence-corrected chi connectivity index (χ2v) is 6.56. The number of nitrogens with zero attached hydrogens (tertiary/aromatic N) is 1. The molecule has 0 aromatic heterocycles. The van der Waals surface area contributed by atoms with E-state index < -0.39 is 42.2 Å². The number of esters is 1. The minimum Gasteiger partial charge on any atom is -0.451 e. The van der Waals surface area contributed by atoms with Crippen LogP contribution in [0, 0.1) is 0 Å². The molecule has 1 heterocycles. The maximum absolute atomic E-state index is 12.5. The molecule has 0 fully saturated rings. The lowest BCUT2D eigenvalue weighted by molar-refractivity contribution is -0.157. The Morgan fingerprint density at radius 2 is 1.67 bits per heavy atom. The molecule has 2 aromatic carbocycles. The van der Waals surface area contributed by atoms with Crippen LogP contribution in [0.2, 0.25) is 0 Å². The van der Waals surface area contributed by atoms with Crippen LogP contribution in [0.25, 0.3) is 0 Å². The number of rotatable bonds is 5. The Kier molecular flexibility index (Phi) is 6.21. The third kappa shape index (κ3) is 4.69. The molecule has 9 heteroatoms. The van der Waals surface area contributed by atoms with Crippen LogP contribution in [-0.4, -0.2) is 47.1 Å². The van der Waals surface area contributed by atoms with Crippen molar-refractivity contribution < 1.29 is 28.7 Å². The number of ether oxygens (including phenoxy) is 1. The molecule has 0 unspecified atom stereocenters. The molecular weight excluding hydrogens is 390 g/mol. The van der Waals surface area contributed by atoms with Gasteiger partial charge in [0.25, 0.3) is 17.7 Å². The molecule has 1 aliphatic rings. The Balaban J connectivity index is 1.52. The Morgan fingerprint density at radius 1 is 1.00 bits per heavy atom. The summed E-state index contributed by atoms with van der Waals surface area (Å²) in [4.78, 5) is 61.6. The van der Waals surface area contributed by atoms with E-state index >= 15 is 0 Å². The molecule has 9 nitrogen and oxygen atoms in total. The van der Waals surface area contributed by atoms with Crippen LogP contribution in [0.3, 0.4) is 0 Å². The average Bonchev–Trinajstić information content (AvgIpc) is 2.75. The van der Waals surface area contributed by atoms with Crippen molar-refractivity contribution in [3.8, 4) is 0 Å². The maximum Gasteiger partial charge on any atom is 0.326 e. The monoisotopic (exact) mass is 409 g/mol. The van der Waals surface area contributed by atoms with Gasteiger partial charge in [0, 0.05) is 11.1 Å². The highest BCUT2D eigenvalue weighted by molar-refractivity contribution is 6.11. The minimum atomic E-state index is -1.25. The lowest BCUT2D eigenvalue weighted by Gasteiger charge is -2.26. The van der Waals surface area contributed by atoms with Crippen molar-refractivity contribution in [1.82, 2.24) is 15.8 Å². The van der Waals surface area contributed by atoms with Gasteiger partial charge in [-0.2, -0.15) is 0 Å². The first kappa shape index (κ1) is 20.7. The number of hydrazine groups is 1. The quantitative estimate of drug-likeness (QED) is 0.424. The largest absolute Gasteiger partial charge is 0.451 e. The van der Waals surface area contributed by atoms with Crippen molar-refractivity contribution in [1.29, 1.82) is 0 Å². The summed E-state index contributed by atoms with van der Waals surface area (Å²) in [5.74, 6) is -3.35. The zero-order valence-electron chi connectivity index (χ0n) is 16.1. The molecule has 1 aliphatic heterocycles. The Morgan fingerprint density at radius 3 is 2.40 bits per heavy atom. The van der Waals surface area contributed by atoms with Gasteiger partial charge >= 0.3 is 5.97 Å². The highest BCUT2D eigenvalue weighted by Gasteiger charge is 2.33. The summed E-state index contributed by atoms with van der Waals surface area (Å²) in [5, 5.41) is 0. The van der Waals surface area contributed by atoms with Crippen LogP contribution < -0.4 is 10.9 Å². The predicted molar refractivity (Wildman–Crippen MR) is 104 cm³/mol. The number of imide groups is 1. The van der Waals surface area contributed by atoms with Crippen molar-refractivity contribution in [3.05, 3.63) is 71.3 Å². The van der Waals surface area contributed by atoms with Gasteiger partial charge in [-0.3, -0.25) is 39.7 Å². The summed E-state index contributed by atoms with van der Waals surface area (Å²) < 4.78 is 4.99. The smallest absolute Gasteiger partial charge is 0.326 e. The summed E-state index contributed by atoms with van der Waals surface area (Å²) in [6, 6.07) is 14.9. The molecule has 0 spiro atoms. The van der Waals surface area contributed by atoms with E-state index in [0.717, 1.165) is 4.90 Å². The SMILES string of the molecule is C[C@H](OC(=O)CN1C(=O)Cc2ccccc2C1=O)C(=O)NNC(=O)c1ccccc1. The van der Waals surface area contributed by atoms with Crippen LogP contribution >= 0.6 is 0 Å². The maximum atomic E-state index is 12.5. The first-order chi connectivity index (χ1) is 14.4. The summed E-state index contributed by atoms with van der Waals surface area (Å²) in [5.41, 5.74) is 5.65. The summed E-state index contributed by atoms with van der Waals surface area (Å²) in [6.07, 6.45) is -1.26. The number of nitrogens with one attached hydrogen (secondary N) is 2. The second kappa shape index (κ2) is 8.99. The molecule has 1 atom stereocenters. The number of benzene rings is 2. The van der Waals surface area contributed by atoms with E-state index in [2.05, 4.69) is 10.9 Å². The van der Waals surface area contributed by atoms with Gasteiger partial charge in [-0.25, -0.2) is 0 Å². The van der Waals surface area contributed by atoms with Crippen LogP contribution in [0.1, 0.15) is 33.2 Å². The van der Waals surface area contributed by atoms with E-state index in [1.165, 1.54) is 6.92 Å². The second-order valence-electron chi connectivity index (χ2n) is 6.56. The summed E-state index contributed by atoms with van der Waals surface area (Å²) in [6.45, 7) is 0.692. The molecule has 2 aromatic rings. The number of fused-ring (bicyclic) bond motifs is 1. The molecule has 0 saturated heterocycles. The van der Waals surface area contributed by atoms with E-state index in [9.17, 15) is 24.0 Å². The number of hydrogen-bond acceptors (Lipinski definition) is 6. The lowest BCUT2D eigenvalue weighted by atomic mass is 9.98. The molecule has 4 amide bonds. The van der Waals surface area contributed by atoms with Gasteiger partial charge in [-0.1, -0.05) is 36.4 Å². The van der Waals surface area contributed by atoms with Gasteiger partial charge in [0.1, 0.15) is 6.54 Å². The van der Waals surface area contributed by atoms with Crippen molar-refractivity contribution in [2.24, 2.45) is 0 Å². The van der Waals surface area contributed by atoms with Gasteiger partial charge in [-0.05, 0) is 30.7 Å².